The Kier molecular flexibility index (Phi) is 4.20. The van der Waals surface area contributed by atoms with E-state index in [1.807, 2.05) is 48.5 Å². The minimum absolute atomic E-state index is 0.0350. The molecular formula is C18H20N2O. The summed E-state index contributed by atoms with van der Waals surface area (Å²) in [4.78, 5) is 14.6. The molecule has 1 aliphatic rings. The van der Waals surface area contributed by atoms with Crippen molar-refractivity contribution < 1.29 is 4.79 Å². The largest absolute Gasteiger partial charge is 0.370 e. The monoisotopic (exact) mass is 280 g/mol. The van der Waals surface area contributed by atoms with Crippen LogP contribution in [0.1, 0.15) is 18.4 Å². The van der Waals surface area contributed by atoms with Gasteiger partial charge in [-0.05, 0) is 30.5 Å². The molecule has 3 nitrogen and oxygen atoms in total. The third-order valence-electron chi connectivity index (χ3n) is 3.83. The van der Waals surface area contributed by atoms with E-state index in [-0.39, 0.29) is 5.91 Å². The second-order valence-electron chi connectivity index (χ2n) is 5.42. The van der Waals surface area contributed by atoms with Gasteiger partial charge in [-0.25, -0.2) is 0 Å². The fourth-order valence-corrected chi connectivity index (χ4v) is 2.79. The van der Waals surface area contributed by atoms with Gasteiger partial charge in [0.25, 0.3) is 0 Å². The number of nitrogens with one attached hydrogen (secondary N) is 1. The molecule has 0 radical (unpaired) electrons. The Morgan fingerprint density at radius 2 is 1.62 bits per heavy atom. The van der Waals surface area contributed by atoms with Crippen LogP contribution in [0.25, 0.3) is 0 Å². The zero-order chi connectivity index (χ0) is 14.5. The average molecular weight is 280 g/mol. The van der Waals surface area contributed by atoms with E-state index >= 15 is 0 Å². The molecule has 1 amide bonds. The molecule has 2 aromatic rings. The molecule has 2 aromatic carbocycles. The van der Waals surface area contributed by atoms with Crippen molar-refractivity contribution in [2.24, 2.45) is 0 Å². The van der Waals surface area contributed by atoms with Gasteiger partial charge in [0, 0.05) is 13.1 Å². The van der Waals surface area contributed by atoms with E-state index in [1.165, 1.54) is 12.8 Å². The van der Waals surface area contributed by atoms with Gasteiger partial charge in [-0.1, -0.05) is 42.5 Å². The van der Waals surface area contributed by atoms with Crippen molar-refractivity contribution in [3.05, 3.63) is 60.2 Å². The van der Waals surface area contributed by atoms with Crippen LogP contribution in [0.4, 0.5) is 11.4 Å². The van der Waals surface area contributed by atoms with Gasteiger partial charge in [-0.2, -0.15) is 0 Å². The summed E-state index contributed by atoms with van der Waals surface area (Å²) in [7, 11) is 0. The number of hydrogen-bond donors (Lipinski definition) is 1. The Morgan fingerprint density at radius 3 is 2.38 bits per heavy atom. The van der Waals surface area contributed by atoms with E-state index in [0.29, 0.717) is 6.42 Å². The van der Waals surface area contributed by atoms with E-state index < -0.39 is 0 Å². The lowest BCUT2D eigenvalue weighted by Gasteiger charge is -2.21. The quantitative estimate of drug-likeness (QED) is 0.930. The Hall–Kier alpha value is -2.29. The first-order valence-corrected chi connectivity index (χ1v) is 7.51. The van der Waals surface area contributed by atoms with Crippen molar-refractivity contribution in [2.75, 3.05) is 23.3 Å². The number of amides is 1. The fraction of sp³-hybridized carbons (Fsp3) is 0.278. The molecule has 1 heterocycles. The molecule has 0 aromatic heterocycles. The Morgan fingerprint density at radius 1 is 0.952 bits per heavy atom. The van der Waals surface area contributed by atoms with Crippen molar-refractivity contribution in [1.82, 2.24) is 0 Å². The van der Waals surface area contributed by atoms with Crippen LogP contribution in [0.5, 0.6) is 0 Å². The predicted octanol–water partition coefficient (Wildman–Crippen LogP) is 3.47. The number of para-hydroxylation sites is 2. The number of hydrogen-bond acceptors (Lipinski definition) is 2. The summed E-state index contributed by atoms with van der Waals surface area (Å²) < 4.78 is 0. The first kappa shape index (κ1) is 13.7. The average Bonchev–Trinajstić information content (AvgIpc) is 3.03. The number of carbonyl (C=O) groups excluding carboxylic acids is 1. The molecule has 1 N–H and O–H groups in total. The first-order chi connectivity index (χ1) is 10.3. The lowest BCUT2D eigenvalue weighted by atomic mass is 10.1. The van der Waals surface area contributed by atoms with Gasteiger partial charge in [-0.15, -0.1) is 0 Å². The van der Waals surface area contributed by atoms with Gasteiger partial charge >= 0.3 is 0 Å². The zero-order valence-electron chi connectivity index (χ0n) is 12.1. The maximum atomic E-state index is 12.2. The Balaban J connectivity index is 1.71. The number of nitrogens with zero attached hydrogens (tertiary/aromatic N) is 1. The summed E-state index contributed by atoms with van der Waals surface area (Å²) in [5, 5.41) is 3.06. The molecule has 1 aliphatic heterocycles. The molecule has 21 heavy (non-hydrogen) atoms. The molecule has 3 rings (SSSR count). The van der Waals surface area contributed by atoms with Crippen LogP contribution in [0, 0.1) is 0 Å². The van der Waals surface area contributed by atoms with Crippen LogP contribution in [0.2, 0.25) is 0 Å². The van der Waals surface area contributed by atoms with Gasteiger partial charge in [0.15, 0.2) is 0 Å². The summed E-state index contributed by atoms with van der Waals surface area (Å²) in [5.74, 6) is 0.0350. The summed E-state index contributed by atoms with van der Waals surface area (Å²) >= 11 is 0. The lowest BCUT2D eigenvalue weighted by Crippen LogP contribution is -2.21. The molecule has 0 unspecified atom stereocenters. The van der Waals surface area contributed by atoms with Crippen molar-refractivity contribution in [2.45, 2.75) is 19.3 Å². The van der Waals surface area contributed by atoms with Crippen molar-refractivity contribution in [1.29, 1.82) is 0 Å². The topological polar surface area (TPSA) is 32.3 Å². The highest BCUT2D eigenvalue weighted by Crippen LogP contribution is 2.28. The fourth-order valence-electron chi connectivity index (χ4n) is 2.79. The highest BCUT2D eigenvalue weighted by molar-refractivity contribution is 5.95. The predicted molar refractivity (Wildman–Crippen MR) is 86.7 cm³/mol. The van der Waals surface area contributed by atoms with E-state index in [2.05, 4.69) is 16.3 Å². The Bertz CT molecular complexity index is 604. The zero-order valence-corrected chi connectivity index (χ0v) is 12.1. The maximum absolute atomic E-state index is 12.2. The van der Waals surface area contributed by atoms with Gasteiger partial charge in [0.1, 0.15) is 0 Å². The molecule has 0 spiro atoms. The van der Waals surface area contributed by atoms with Crippen LogP contribution < -0.4 is 10.2 Å². The van der Waals surface area contributed by atoms with E-state index in [1.54, 1.807) is 0 Å². The lowest BCUT2D eigenvalue weighted by molar-refractivity contribution is -0.115. The minimum atomic E-state index is 0.0350. The first-order valence-electron chi connectivity index (χ1n) is 7.51. The molecule has 3 heteroatoms. The minimum Gasteiger partial charge on any atom is -0.370 e. The van der Waals surface area contributed by atoms with Crippen LogP contribution in [0.15, 0.2) is 54.6 Å². The highest BCUT2D eigenvalue weighted by Gasteiger charge is 2.16. The normalized spacial score (nSPS) is 14.2. The van der Waals surface area contributed by atoms with Gasteiger partial charge in [0.05, 0.1) is 17.8 Å². The molecule has 1 fully saturated rings. The smallest absolute Gasteiger partial charge is 0.228 e. The molecule has 1 saturated heterocycles. The van der Waals surface area contributed by atoms with Crippen molar-refractivity contribution >= 4 is 17.3 Å². The van der Waals surface area contributed by atoms with Gasteiger partial charge < -0.3 is 10.2 Å². The molecule has 0 saturated carbocycles. The van der Waals surface area contributed by atoms with Crippen molar-refractivity contribution in [3.63, 3.8) is 0 Å². The maximum Gasteiger partial charge on any atom is 0.228 e. The van der Waals surface area contributed by atoms with E-state index in [4.69, 9.17) is 0 Å². The summed E-state index contributed by atoms with van der Waals surface area (Å²) in [5.41, 5.74) is 3.09. The van der Waals surface area contributed by atoms with E-state index in [9.17, 15) is 4.79 Å². The third kappa shape index (κ3) is 3.43. The highest BCUT2D eigenvalue weighted by atomic mass is 16.1. The number of benzene rings is 2. The SMILES string of the molecule is O=C(Cc1ccccc1)Nc1ccccc1N1CCCC1. The molecule has 0 atom stereocenters. The van der Waals surface area contributed by atoms with Crippen LogP contribution in [-0.2, 0) is 11.2 Å². The number of rotatable bonds is 4. The molecule has 0 bridgehead atoms. The molecule has 0 aliphatic carbocycles. The Labute approximate surface area is 125 Å². The molecule has 108 valence electrons. The standard InChI is InChI=1S/C18H20N2O/c21-18(14-15-8-2-1-3-9-15)19-16-10-4-5-11-17(16)20-12-6-7-13-20/h1-5,8-11H,6-7,12-14H2,(H,19,21). The van der Waals surface area contributed by atoms with Crippen LogP contribution in [0.3, 0.4) is 0 Å². The van der Waals surface area contributed by atoms with Crippen LogP contribution >= 0.6 is 0 Å². The summed E-state index contributed by atoms with van der Waals surface area (Å²) in [6.45, 7) is 2.15. The molecular weight excluding hydrogens is 260 g/mol. The summed E-state index contributed by atoms with van der Waals surface area (Å²) in [6, 6.07) is 17.9. The summed E-state index contributed by atoms with van der Waals surface area (Å²) in [6.07, 6.45) is 2.87. The number of carbonyl (C=O) groups is 1. The van der Waals surface area contributed by atoms with Gasteiger partial charge in [0.2, 0.25) is 5.91 Å². The van der Waals surface area contributed by atoms with Crippen LogP contribution in [-0.4, -0.2) is 19.0 Å². The second kappa shape index (κ2) is 6.44. The van der Waals surface area contributed by atoms with E-state index in [0.717, 1.165) is 30.0 Å². The van der Waals surface area contributed by atoms with Gasteiger partial charge in [-0.3, -0.25) is 4.79 Å². The van der Waals surface area contributed by atoms with Crippen molar-refractivity contribution in [3.8, 4) is 0 Å². The third-order valence-corrected chi connectivity index (χ3v) is 3.83. The second-order valence-corrected chi connectivity index (χ2v) is 5.42. The number of anilines is 2.